The molecule has 130 valence electrons. The predicted octanol–water partition coefficient (Wildman–Crippen LogP) is 4.39. The number of aromatic nitrogens is 1. The number of hydrogen-bond donors (Lipinski definition) is 1. The average molecular weight is 367 g/mol. The Morgan fingerprint density at radius 3 is 2.54 bits per heavy atom. The first kappa shape index (κ1) is 17.6. The summed E-state index contributed by atoms with van der Waals surface area (Å²) in [6.07, 6.45) is 3.38. The fourth-order valence-corrected chi connectivity index (χ4v) is 2.74. The van der Waals surface area contributed by atoms with E-state index < -0.39 is 5.24 Å². The fourth-order valence-electron chi connectivity index (χ4n) is 2.58. The molecule has 0 fully saturated rings. The van der Waals surface area contributed by atoms with Gasteiger partial charge in [-0.25, -0.2) is 0 Å². The number of ether oxygens (including phenoxy) is 1. The van der Waals surface area contributed by atoms with Gasteiger partial charge in [-0.2, -0.15) is 0 Å². The van der Waals surface area contributed by atoms with E-state index in [1.807, 2.05) is 24.3 Å². The van der Waals surface area contributed by atoms with Gasteiger partial charge in [-0.1, -0.05) is 24.3 Å². The second-order valence-electron chi connectivity index (χ2n) is 5.43. The first-order valence-electron chi connectivity index (χ1n) is 7.79. The van der Waals surface area contributed by atoms with Gasteiger partial charge in [0.1, 0.15) is 5.75 Å². The van der Waals surface area contributed by atoms with E-state index in [4.69, 9.17) is 16.3 Å². The van der Waals surface area contributed by atoms with Crippen molar-refractivity contribution in [3.8, 4) is 16.9 Å². The van der Waals surface area contributed by atoms with Crippen LogP contribution in [0, 0.1) is 0 Å². The molecular formula is C20H15ClN2O3. The first-order chi connectivity index (χ1) is 12.6. The van der Waals surface area contributed by atoms with Gasteiger partial charge in [0.15, 0.2) is 0 Å². The molecule has 6 heteroatoms. The monoisotopic (exact) mass is 366 g/mol. The summed E-state index contributed by atoms with van der Waals surface area (Å²) in [5, 5.41) is 2.19. The Hall–Kier alpha value is -3.18. The molecule has 0 unspecified atom stereocenters. The standard InChI is InChI=1S/C20H15ClN2O3/c1-26-18-11-14(8-9-17(18)19(21)24)23-20(25)16-7-3-2-6-15(16)13-5-4-10-22-12-13/h2-12H,1H3,(H,23,25). The molecule has 26 heavy (non-hydrogen) atoms. The van der Waals surface area contributed by atoms with Crippen molar-refractivity contribution in [3.63, 3.8) is 0 Å². The third kappa shape index (κ3) is 3.73. The highest BCUT2D eigenvalue weighted by molar-refractivity contribution is 6.68. The maximum Gasteiger partial charge on any atom is 0.256 e. The molecule has 0 atom stereocenters. The summed E-state index contributed by atoms with van der Waals surface area (Å²) in [5.74, 6) is 0.0137. The van der Waals surface area contributed by atoms with Gasteiger partial charge in [0.05, 0.1) is 12.7 Å². The van der Waals surface area contributed by atoms with Crippen LogP contribution >= 0.6 is 11.6 Å². The summed E-state index contributed by atoms with van der Waals surface area (Å²) >= 11 is 5.52. The Labute approximate surface area is 155 Å². The SMILES string of the molecule is COc1cc(NC(=O)c2ccccc2-c2cccnc2)ccc1C(=O)Cl. The number of benzene rings is 2. The number of methoxy groups -OCH3 is 1. The summed E-state index contributed by atoms with van der Waals surface area (Å²) in [7, 11) is 1.43. The Morgan fingerprint density at radius 2 is 1.85 bits per heavy atom. The number of carbonyl (C=O) groups is 2. The predicted molar refractivity (Wildman–Crippen MR) is 101 cm³/mol. The summed E-state index contributed by atoms with van der Waals surface area (Å²) in [6.45, 7) is 0. The minimum Gasteiger partial charge on any atom is -0.496 e. The van der Waals surface area contributed by atoms with E-state index in [1.54, 1.807) is 36.7 Å². The highest BCUT2D eigenvalue weighted by atomic mass is 35.5. The van der Waals surface area contributed by atoms with Crippen LogP contribution in [-0.2, 0) is 0 Å². The minimum absolute atomic E-state index is 0.239. The highest BCUT2D eigenvalue weighted by Gasteiger charge is 2.15. The molecule has 1 heterocycles. The zero-order valence-electron chi connectivity index (χ0n) is 13.9. The number of halogens is 1. The van der Waals surface area contributed by atoms with Gasteiger partial charge in [0.25, 0.3) is 11.1 Å². The van der Waals surface area contributed by atoms with Gasteiger partial charge in [-0.3, -0.25) is 14.6 Å². The van der Waals surface area contributed by atoms with Gasteiger partial charge in [0, 0.05) is 35.3 Å². The molecule has 2 aromatic carbocycles. The highest BCUT2D eigenvalue weighted by Crippen LogP contribution is 2.27. The Bertz CT molecular complexity index is 958. The number of nitrogens with zero attached hydrogens (tertiary/aromatic N) is 1. The second kappa shape index (κ2) is 7.80. The van der Waals surface area contributed by atoms with Gasteiger partial charge in [0.2, 0.25) is 0 Å². The molecule has 0 spiro atoms. The molecule has 0 saturated heterocycles. The van der Waals surface area contributed by atoms with Crippen molar-refractivity contribution < 1.29 is 14.3 Å². The largest absolute Gasteiger partial charge is 0.496 e. The normalized spacial score (nSPS) is 10.2. The van der Waals surface area contributed by atoms with E-state index in [1.165, 1.54) is 13.2 Å². The van der Waals surface area contributed by atoms with Crippen LogP contribution in [0.2, 0.25) is 0 Å². The summed E-state index contributed by atoms with van der Waals surface area (Å²) < 4.78 is 5.16. The van der Waals surface area contributed by atoms with Gasteiger partial charge in [-0.05, 0) is 41.4 Å². The molecule has 0 radical (unpaired) electrons. The molecule has 0 aliphatic carbocycles. The summed E-state index contributed by atoms with van der Waals surface area (Å²) in [5.41, 5.74) is 2.87. The van der Waals surface area contributed by atoms with Gasteiger partial charge < -0.3 is 10.1 Å². The van der Waals surface area contributed by atoms with Crippen molar-refractivity contribution in [2.24, 2.45) is 0 Å². The molecule has 5 nitrogen and oxygen atoms in total. The first-order valence-corrected chi connectivity index (χ1v) is 8.16. The van der Waals surface area contributed by atoms with E-state index in [2.05, 4.69) is 10.3 Å². The van der Waals surface area contributed by atoms with Gasteiger partial charge >= 0.3 is 0 Å². The molecular weight excluding hydrogens is 352 g/mol. The molecule has 1 N–H and O–H groups in total. The molecule has 0 aliphatic rings. The number of amides is 1. The zero-order chi connectivity index (χ0) is 18.5. The van der Waals surface area contributed by atoms with Crippen LogP contribution in [0.3, 0.4) is 0 Å². The number of nitrogens with one attached hydrogen (secondary N) is 1. The lowest BCUT2D eigenvalue weighted by Gasteiger charge is -2.12. The fraction of sp³-hybridized carbons (Fsp3) is 0.0500. The Morgan fingerprint density at radius 1 is 1.04 bits per heavy atom. The van der Waals surface area contributed by atoms with Crippen LogP contribution in [0.1, 0.15) is 20.7 Å². The summed E-state index contributed by atoms with van der Waals surface area (Å²) in [4.78, 5) is 28.2. The minimum atomic E-state index is -0.623. The van der Waals surface area contributed by atoms with E-state index >= 15 is 0 Å². The molecule has 0 aliphatic heterocycles. The lowest BCUT2D eigenvalue weighted by molar-refractivity contribution is 0.102. The van der Waals surface area contributed by atoms with Crippen molar-refractivity contribution in [3.05, 3.63) is 78.1 Å². The van der Waals surface area contributed by atoms with Crippen molar-refractivity contribution in [1.29, 1.82) is 0 Å². The van der Waals surface area contributed by atoms with Crippen LogP contribution in [0.4, 0.5) is 5.69 Å². The number of anilines is 1. The van der Waals surface area contributed by atoms with Crippen molar-refractivity contribution >= 4 is 28.4 Å². The second-order valence-corrected chi connectivity index (χ2v) is 5.77. The zero-order valence-corrected chi connectivity index (χ0v) is 14.7. The van der Waals surface area contributed by atoms with E-state index in [0.717, 1.165) is 11.1 Å². The maximum absolute atomic E-state index is 12.8. The maximum atomic E-state index is 12.8. The molecule has 3 aromatic rings. The van der Waals surface area contributed by atoms with Crippen LogP contribution in [0.25, 0.3) is 11.1 Å². The quantitative estimate of drug-likeness (QED) is 0.680. The van der Waals surface area contributed by atoms with Crippen LogP contribution in [0.5, 0.6) is 5.75 Å². The third-order valence-corrected chi connectivity index (χ3v) is 4.02. The molecule has 0 bridgehead atoms. The van der Waals surface area contributed by atoms with Gasteiger partial charge in [-0.15, -0.1) is 0 Å². The third-order valence-electron chi connectivity index (χ3n) is 3.82. The number of pyridine rings is 1. The summed E-state index contributed by atoms with van der Waals surface area (Å²) in [6, 6.07) is 15.6. The molecule has 3 rings (SSSR count). The Balaban J connectivity index is 1.91. The van der Waals surface area contributed by atoms with Crippen LogP contribution in [-0.4, -0.2) is 23.2 Å². The molecule has 0 saturated carbocycles. The lowest BCUT2D eigenvalue weighted by Crippen LogP contribution is -2.13. The number of carbonyl (C=O) groups excluding carboxylic acids is 2. The van der Waals surface area contributed by atoms with Crippen LogP contribution in [0.15, 0.2) is 67.0 Å². The molecule has 1 amide bonds. The molecule has 1 aromatic heterocycles. The van der Waals surface area contributed by atoms with E-state index in [0.29, 0.717) is 17.0 Å². The lowest BCUT2D eigenvalue weighted by atomic mass is 10.0. The number of rotatable bonds is 5. The van der Waals surface area contributed by atoms with E-state index in [-0.39, 0.29) is 11.5 Å². The average Bonchev–Trinajstić information content (AvgIpc) is 2.68. The van der Waals surface area contributed by atoms with Crippen molar-refractivity contribution in [2.75, 3.05) is 12.4 Å². The Kier molecular flexibility index (Phi) is 5.29. The smallest absolute Gasteiger partial charge is 0.256 e. The van der Waals surface area contributed by atoms with Crippen molar-refractivity contribution in [1.82, 2.24) is 4.98 Å². The van der Waals surface area contributed by atoms with E-state index in [9.17, 15) is 9.59 Å². The topological polar surface area (TPSA) is 68.3 Å². The van der Waals surface area contributed by atoms with Crippen LogP contribution < -0.4 is 10.1 Å². The number of hydrogen-bond acceptors (Lipinski definition) is 4. The van der Waals surface area contributed by atoms with Crippen molar-refractivity contribution in [2.45, 2.75) is 0 Å².